The van der Waals surface area contributed by atoms with Crippen LogP contribution in [-0.2, 0) is 23.9 Å². The van der Waals surface area contributed by atoms with E-state index in [1.165, 1.54) is 36.4 Å². The molecular formula is C29H30Cl2F3NO9. The second-order valence-electron chi connectivity index (χ2n) is 11.0. The minimum absolute atomic E-state index is 0.00396. The van der Waals surface area contributed by atoms with Crippen LogP contribution >= 0.6 is 23.2 Å². The van der Waals surface area contributed by atoms with Gasteiger partial charge in [0.1, 0.15) is 18.3 Å². The van der Waals surface area contributed by atoms with E-state index in [-0.39, 0.29) is 33.6 Å². The average molecular weight is 664 g/mol. The van der Waals surface area contributed by atoms with Crippen molar-refractivity contribution in [2.75, 3.05) is 5.32 Å². The van der Waals surface area contributed by atoms with Gasteiger partial charge in [-0.3, -0.25) is 9.59 Å². The number of amides is 1. The molecule has 1 amide bonds. The number of anilines is 1. The van der Waals surface area contributed by atoms with E-state index >= 15 is 0 Å². The molecule has 1 saturated heterocycles. The lowest BCUT2D eigenvalue weighted by Crippen LogP contribution is -2.60. The number of rotatable bonds is 10. The number of hydrogen-bond acceptors (Lipinski definition) is 8. The maximum Gasteiger partial charge on any atom is 0.392 e. The fourth-order valence-corrected chi connectivity index (χ4v) is 5.46. The largest absolute Gasteiger partial charge is 0.479 e. The lowest BCUT2D eigenvalue weighted by Gasteiger charge is -2.38. The zero-order chi connectivity index (χ0) is 32.5. The van der Waals surface area contributed by atoms with Gasteiger partial charge in [0.15, 0.2) is 6.10 Å². The molecular weight excluding hydrogens is 634 g/mol. The Morgan fingerprint density at radius 3 is 2.18 bits per heavy atom. The number of benzene rings is 2. The van der Waals surface area contributed by atoms with E-state index in [4.69, 9.17) is 32.7 Å². The summed E-state index contributed by atoms with van der Waals surface area (Å²) >= 11 is 12.2. The quantitative estimate of drug-likeness (QED) is 0.234. The van der Waals surface area contributed by atoms with E-state index in [0.717, 1.165) is 19.8 Å². The molecule has 2 aromatic carbocycles. The number of ether oxygens (including phenoxy) is 2. The molecule has 0 bridgehead atoms. The highest BCUT2D eigenvalue weighted by Gasteiger charge is 2.49. The molecule has 0 aromatic heterocycles. The Morgan fingerprint density at radius 1 is 1.00 bits per heavy atom. The van der Waals surface area contributed by atoms with Gasteiger partial charge < -0.3 is 35.2 Å². The van der Waals surface area contributed by atoms with E-state index < -0.39 is 72.5 Å². The Kier molecular flexibility index (Phi) is 10.5. The summed E-state index contributed by atoms with van der Waals surface area (Å²) in [6, 6.07) is 9.93. The van der Waals surface area contributed by atoms with Crippen LogP contribution in [0, 0.1) is 11.8 Å². The van der Waals surface area contributed by atoms with Crippen molar-refractivity contribution in [2.24, 2.45) is 11.8 Å². The second-order valence-corrected chi connectivity index (χ2v) is 11.8. The molecule has 2 unspecified atom stereocenters. The molecule has 2 aromatic rings. The zero-order valence-corrected chi connectivity index (χ0v) is 24.6. The molecule has 10 nitrogen and oxygen atoms in total. The van der Waals surface area contributed by atoms with Crippen molar-refractivity contribution in [3.63, 3.8) is 0 Å². The Bertz CT molecular complexity index is 1370. The van der Waals surface area contributed by atoms with E-state index in [9.17, 15) is 48.0 Å². The fourth-order valence-electron chi connectivity index (χ4n) is 5.17. The average Bonchev–Trinajstić information content (AvgIpc) is 3.79. The van der Waals surface area contributed by atoms with Gasteiger partial charge >= 0.3 is 18.1 Å². The number of carbonyl (C=O) groups excluding carboxylic acids is 2. The molecule has 0 spiro atoms. The molecule has 1 aliphatic heterocycles. The van der Waals surface area contributed by atoms with Crippen molar-refractivity contribution >= 4 is 46.7 Å². The summed E-state index contributed by atoms with van der Waals surface area (Å²) in [5.41, 5.74) is 0.631. The van der Waals surface area contributed by atoms with Crippen molar-refractivity contribution in [3.05, 3.63) is 63.6 Å². The molecule has 240 valence electrons. The standard InChI is InChI=1S/C29H30Cl2F3NO9/c1-12(29(32,33)34)21(14-4-7-16(30)8-5-14)26(40)35-19-10-15(6-9-18(19)31)17(13-2-3-13)11-20(36)43-28-24(39)22(37)23(38)25(44-28)27(41)42/h4-10,12-13,17,21-25,28,37-39H,2-3,11H2,1H3,(H,35,40)(H,41,42)/t12-,17+,21?,22+,23+,24-,25+,28?/m1/s1. The molecule has 1 saturated carbocycles. The van der Waals surface area contributed by atoms with Gasteiger partial charge in [0, 0.05) is 5.02 Å². The predicted molar refractivity (Wildman–Crippen MR) is 150 cm³/mol. The molecule has 4 rings (SSSR count). The summed E-state index contributed by atoms with van der Waals surface area (Å²) in [5, 5.41) is 42.0. The van der Waals surface area contributed by atoms with Crippen molar-refractivity contribution in [1.82, 2.24) is 0 Å². The lowest BCUT2D eigenvalue weighted by atomic mass is 9.85. The number of carboxylic acids is 1. The first-order valence-corrected chi connectivity index (χ1v) is 14.4. The number of halogens is 5. The van der Waals surface area contributed by atoms with Crippen LogP contribution < -0.4 is 5.32 Å². The van der Waals surface area contributed by atoms with Crippen LogP contribution in [0.3, 0.4) is 0 Å². The van der Waals surface area contributed by atoms with Crippen LogP contribution in [0.5, 0.6) is 0 Å². The number of esters is 1. The minimum atomic E-state index is -4.70. The zero-order valence-electron chi connectivity index (χ0n) is 23.1. The molecule has 1 heterocycles. The maximum absolute atomic E-state index is 13.8. The van der Waals surface area contributed by atoms with Crippen molar-refractivity contribution in [2.45, 2.75) is 74.9 Å². The van der Waals surface area contributed by atoms with Crippen LogP contribution in [0.15, 0.2) is 42.5 Å². The van der Waals surface area contributed by atoms with Gasteiger partial charge in [-0.15, -0.1) is 0 Å². The van der Waals surface area contributed by atoms with Gasteiger partial charge in [-0.05, 0) is 60.1 Å². The van der Waals surface area contributed by atoms with E-state index in [0.29, 0.717) is 5.56 Å². The number of aliphatic hydroxyl groups is 3. The van der Waals surface area contributed by atoms with E-state index in [1.54, 1.807) is 6.07 Å². The summed E-state index contributed by atoms with van der Waals surface area (Å²) in [6.07, 6.45) is -13.2. The third-order valence-corrected chi connectivity index (χ3v) is 8.42. The Balaban J connectivity index is 1.53. The SMILES string of the molecule is C[C@H](C(C(=O)Nc1cc([C@@H](CC(=O)OC2O[C@H](C(=O)O)[C@@H](O)[C@H](O)[C@H]2O)C2CC2)ccc1Cl)c1ccc(Cl)cc1)C(F)(F)F. The first kappa shape index (κ1) is 33.9. The van der Waals surface area contributed by atoms with Gasteiger partial charge in [-0.1, -0.05) is 48.3 Å². The van der Waals surface area contributed by atoms with Crippen LogP contribution in [0.1, 0.15) is 49.1 Å². The molecule has 15 heteroatoms. The maximum atomic E-state index is 13.8. The van der Waals surface area contributed by atoms with Crippen LogP contribution in [-0.4, -0.2) is 75.2 Å². The fraction of sp³-hybridized carbons (Fsp3) is 0.483. The number of carbonyl (C=O) groups is 3. The Morgan fingerprint density at radius 2 is 1.61 bits per heavy atom. The number of aliphatic carboxylic acids is 1. The normalized spacial score (nSPS) is 25.9. The van der Waals surface area contributed by atoms with Crippen molar-refractivity contribution in [3.8, 4) is 0 Å². The Hall–Kier alpha value is -2.94. The predicted octanol–water partition coefficient (Wildman–Crippen LogP) is 4.23. The van der Waals surface area contributed by atoms with Crippen LogP contribution in [0.25, 0.3) is 0 Å². The summed E-state index contributed by atoms with van der Waals surface area (Å²) in [6.45, 7) is 0.900. The first-order valence-electron chi connectivity index (χ1n) is 13.6. The number of alkyl halides is 3. The molecule has 44 heavy (non-hydrogen) atoms. The highest BCUT2D eigenvalue weighted by molar-refractivity contribution is 6.33. The Labute approximate surface area is 259 Å². The summed E-state index contributed by atoms with van der Waals surface area (Å²) in [4.78, 5) is 37.6. The smallest absolute Gasteiger partial charge is 0.392 e. The highest BCUT2D eigenvalue weighted by Crippen LogP contribution is 2.46. The molecule has 1 aliphatic carbocycles. The summed E-state index contributed by atoms with van der Waals surface area (Å²) in [5.74, 6) is -7.72. The number of carboxylic acid groups (broad SMARTS) is 1. The van der Waals surface area contributed by atoms with Gasteiger partial charge in [0.25, 0.3) is 0 Å². The summed E-state index contributed by atoms with van der Waals surface area (Å²) in [7, 11) is 0. The topological polar surface area (TPSA) is 163 Å². The lowest BCUT2D eigenvalue weighted by molar-refractivity contribution is -0.286. The van der Waals surface area contributed by atoms with Gasteiger partial charge in [-0.2, -0.15) is 13.2 Å². The summed E-state index contributed by atoms with van der Waals surface area (Å²) < 4.78 is 51.5. The van der Waals surface area contributed by atoms with Crippen LogP contribution in [0.4, 0.5) is 18.9 Å². The second kappa shape index (κ2) is 13.6. The van der Waals surface area contributed by atoms with Gasteiger partial charge in [-0.25, -0.2) is 4.79 Å². The number of aliphatic hydroxyl groups excluding tert-OH is 3. The molecule has 8 atom stereocenters. The molecule has 5 N–H and O–H groups in total. The minimum Gasteiger partial charge on any atom is -0.479 e. The van der Waals surface area contributed by atoms with Crippen molar-refractivity contribution < 1.29 is 57.5 Å². The highest BCUT2D eigenvalue weighted by atomic mass is 35.5. The van der Waals surface area contributed by atoms with Crippen molar-refractivity contribution in [1.29, 1.82) is 0 Å². The first-order chi connectivity index (χ1) is 20.6. The molecule has 2 fully saturated rings. The van der Waals surface area contributed by atoms with Gasteiger partial charge in [0.05, 0.1) is 29.0 Å². The monoisotopic (exact) mass is 663 g/mol. The van der Waals surface area contributed by atoms with E-state index in [1.807, 2.05) is 0 Å². The third kappa shape index (κ3) is 7.82. The van der Waals surface area contributed by atoms with Crippen LogP contribution in [0.2, 0.25) is 10.0 Å². The number of hydrogen-bond donors (Lipinski definition) is 5. The van der Waals surface area contributed by atoms with E-state index in [2.05, 4.69) is 5.32 Å². The van der Waals surface area contributed by atoms with Gasteiger partial charge in [0.2, 0.25) is 12.2 Å². The third-order valence-electron chi connectivity index (χ3n) is 7.84. The number of nitrogens with one attached hydrogen (secondary N) is 1. The molecule has 0 radical (unpaired) electrons. The molecule has 2 aliphatic rings.